The van der Waals surface area contributed by atoms with Crippen LogP contribution in [0.25, 0.3) is 5.78 Å². The summed E-state index contributed by atoms with van der Waals surface area (Å²) in [5.74, 6) is 0.780. The minimum absolute atomic E-state index is 0.00788. The smallest absolute Gasteiger partial charge is 0.259 e. The predicted molar refractivity (Wildman–Crippen MR) is 70.9 cm³/mol. The lowest BCUT2D eigenvalue weighted by molar-refractivity contribution is 0.360. The molecule has 0 N–H and O–H groups in total. The summed E-state index contributed by atoms with van der Waals surface area (Å²) in [5.41, 5.74) is 1.20. The van der Waals surface area contributed by atoms with Gasteiger partial charge in [0.15, 0.2) is 0 Å². The van der Waals surface area contributed by atoms with E-state index in [2.05, 4.69) is 23.4 Å². The maximum absolute atomic E-state index is 11.9. The van der Waals surface area contributed by atoms with Gasteiger partial charge < -0.3 is 4.57 Å². The zero-order valence-electron chi connectivity index (χ0n) is 11.2. The van der Waals surface area contributed by atoms with Crippen molar-refractivity contribution < 1.29 is 0 Å². The Bertz CT molecular complexity index is 651. The number of fused-ring (bicyclic) bond motifs is 1. The predicted octanol–water partition coefficient (Wildman–Crippen LogP) is 2.56. The van der Waals surface area contributed by atoms with Gasteiger partial charge in [-0.05, 0) is 31.6 Å². The van der Waals surface area contributed by atoms with Crippen LogP contribution in [0.1, 0.15) is 44.8 Å². The van der Waals surface area contributed by atoms with Crippen LogP contribution in [0.4, 0.5) is 0 Å². The van der Waals surface area contributed by atoms with Gasteiger partial charge in [0.05, 0.1) is 0 Å². The Morgan fingerprint density at radius 1 is 1.39 bits per heavy atom. The highest BCUT2D eigenvalue weighted by Crippen LogP contribution is 2.43. The first-order valence-electron chi connectivity index (χ1n) is 6.53. The second kappa shape index (κ2) is 3.70. The van der Waals surface area contributed by atoms with Crippen LogP contribution in [0.15, 0.2) is 23.3 Å². The summed E-state index contributed by atoms with van der Waals surface area (Å²) in [6.45, 7) is 6.49. The van der Waals surface area contributed by atoms with E-state index < -0.39 is 0 Å². The van der Waals surface area contributed by atoms with Crippen LogP contribution in [0.5, 0.6) is 0 Å². The number of aryl methyl sites for hydroxylation is 1. The molecule has 0 aromatic carbocycles. The van der Waals surface area contributed by atoms with Crippen LogP contribution in [0.2, 0.25) is 0 Å². The van der Waals surface area contributed by atoms with E-state index in [0.29, 0.717) is 11.5 Å². The van der Waals surface area contributed by atoms with Crippen molar-refractivity contribution in [3.8, 4) is 0 Å². The Morgan fingerprint density at radius 2 is 2.17 bits per heavy atom. The number of hydrogen-bond donors (Lipinski definition) is 0. The maximum atomic E-state index is 11.9. The molecule has 96 valence electrons. The summed E-state index contributed by atoms with van der Waals surface area (Å²) in [7, 11) is 0. The van der Waals surface area contributed by atoms with Gasteiger partial charge in [0, 0.05) is 30.2 Å². The maximum Gasteiger partial charge on any atom is 0.259 e. The zero-order chi connectivity index (χ0) is 12.9. The first kappa shape index (κ1) is 11.5. The molecule has 1 aliphatic rings. The van der Waals surface area contributed by atoms with E-state index in [-0.39, 0.29) is 5.56 Å². The average Bonchev–Trinajstić information content (AvgIpc) is 2.81. The number of imidazole rings is 1. The molecule has 4 heteroatoms. The summed E-state index contributed by atoms with van der Waals surface area (Å²) >= 11 is 0. The van der Waals surface area contributed by atoms with Gasteiger partial charge >= 0.3 is 0 Å². The Kier molecular flexibility index (Phi) is 2.37. The highest BCUT2D eigenvalue weighted by Gasteiger charge is 2.32. The van der Waals surface area contributed by atoms with Crippen LogP contribution in [0.3, 0.4) is 0 Å². The zero-order valence-corrected chi connectivity index (χ0v) is 11.2. The monoisotopic (exact) mass is 245 g/mol. The third-order valence-corrected chi connectivity index (χ3v) is 4.00. The van der Waals surface area contributed by atoms with Gasteiger partial charge in [-0.1, -0.05) is 13.8 Å². The van der Waals surface area contributed by atoms with Crippen molar-refractivity contribution in [3.05, 3.63) is 34.5 Å². The fourth-order valence-electron chi connectivity index (χ4n) is 3.04. The largest absolute Gasteiger partial charge is 0.314 e. The minimum atomic E-state index is 0.00788. The van der Waals surface area contributed by atoms with Gasteiger partial charge in [-0.25, -0.2) is 4.98 Å². The highest BCUT2D eigenvalue weighted by molar-refractivity contribution is 5.32. The normalized spacial score (nSPS) is 22.7. The number of aromatic nitrogens is 3. The first-order valence-corrected chi connectivity index (χ1v) is 6.53. The standard InChI is InChI=1S/C14H19N3O/c1-10-8-12(18)17-7-6-16(13(17)15-10)11-4-5-14(2,3)9-11/h6-8,11H,4-5,9H2,1-3H3. The van der Waals surface area contributed by atoms with Crippen molar-refractivity contribution in [2.24, 2.45) is 5.41 Å². The molecule has 0 saturated heterocycles. The van der Waals surface area contributed by atoms with Crippen molar-refractivity contribution in [1.29, 1.82) is 0 Å². The van der Waals surface area contributed by atoms with Crippen LogP contribution >= 0.6 is 0 Å². The van der Waals surface area contributed by atoms with Crippen LogP contribution < -0.4 is 5.56 Å². The van der Waals surface area contributed by atoms with Gasteiger partial charge in [-0.15, -0.1) is 0 Å². The Balaban J connectivity index is 2.11. The van der Waals surface area contributed by atoms with Crippen molar-refractivity contribution >= 4 is 5.78 Å². The number of rotatable bonds is 1. The molecule has 2 heterocycles. The second-order valence-electron chi connectivity index (χ2n) is 6.17. The lowest BCUT2D eigenvalue weighted by Crippen LogP contribution is -2.16. The van der Waals surface area contributed by atoms with Gasteiger partial charge in [-0.3, -0.25) is 9.20 Å². The van der Waals surface area contributed by atoms with Gasteiger partial charge in [0.1, 0.15) is 0 Å². The molecular weight excluding hydrogens is 226 g/mol. The molecule has 4 nitrogen and oxygen atoms in total. The third kappa shape index (κ3) is 1.76. The Morgan fingerprint density at radius 3 is 2.83 bits per heavy atom. The highest BCUT2D eigenvalue weighted by atomic mass is 16.1. The van der Waals surface area contributed by atoms with E-state index in [4.69, 9.17) is 0 Å². The van der Waals surface area contributed by atoms with Crippen molar-refractivity contribution in [3.63, 3.8) is 0 Å². The molecule has 3 rings (SSSR count). The molecule has 0 radical (unpaired) electrons. The van der Waals surface area contributed by atoms with E-state index in [0.717, 1.165) is 17.9 Å². The molecule has 0 amide bonds. The van der Waals surface area contributed by atoms with E-state index in [1.165, 1.54) is 12.8 Å². The fourth-order valence-corrected chi connectivity index (χ4v) is 3.04. The fraction of sp³-hybridized carbons (Fsp3) is 0.571. The lowest BCUT2D eigenvalue weighted by atomic mass is 9.92. The molecule has 18 heavy (non-hydrogen) atoms. The van der Waals surface area contributed by atoms with E-state index in [9.17, 15) is 4.79 Å². The van der Waals surface area contributed by atoms with E-state index in [1.807, 2.05) is 19.3 Å². The lowest BCUT2D eigenvalue weighted by Gasteiger charge is -2.18. The molecule has 0 spiro atoms. The molecular formula is C14H19N3O. The molecule has 0 bridgehead atoms. The number of hydrogen-bond acceptors (Lipinski definition) is 2. The summed E-state index contributed by atoms with van der Waals surface area (Å²) in [6.07, 6.45) is 7.38. The summed E-state index contributed by atoms with van der Waals surface area (Å²) < 4.78 is 3.81. The van der Waals surface area contributed by atoms with Crippen molar-refractivity contribution in [2.45, 2.75) is 46.1 Å². The molecule has 1 fully saturated rings. The molecule has 2 aromatic rings. The summed E-state index contributed by atoms with van der Waals surface area (Å²) in [6, 6.07) is 2.05. The number of nitrogens with zero attached hydrogens (tertiary/aromatic N) is 3. The topological polar surface area (TPSA) is 39.3 Å². The van der Waals surface area contributed by atoms with Gasteiger partial charge in [0.2, 0.25) is 5.78 Å². The van der Waals surface area contributed by atoms with Gasteiger partial charge in [0.25, 0.3) is 5.56 Å². The van der Waals surface area contributed by atoms with E-state index >= 15 is 0 Å². The van der Waals surface area contributed by atoms with Gasteiger partial charge in [-0.2, -0.15) is 0 Å². The molecule has 1 aliphatic carbocycles. The Hall–Kier alpha value is -1.58. The van der Waals surface area contributed by atoms with Crippen molar-refractivity contribution in [1.82, 2.24) is 14.0 Å². The third-order valence-electron chi connectivity index (χ3n) is 4.00. The van der Waals surface area contributed by atoms with Crippen molar-refractivity contribution in [2.75, 3.05) is 0 Å². The Labute approximate surface area is 106 Å². The molecule has 1 saturated carbocycles. The van der Waals surface area contributed by atoms with Crippen LogP contribution in [0, 0.1) is 12.3 Å². The minimum Gasteiger partial charge on any atom is -0.314 e. The quantitative estimate of drug-likeness (QED) is 0.774. The van der Waals surface area contributed by atoms with E-state index in [1.54, 1.807) is 10.5 Å². The molecule has 0 aliphatic heterocycles. The first-order chi connectivity index (χ1) is 8.46. The van der Waals surface area contributed by atoms with Crippen LogP contribution in [-0.4, -0.2) is 14.0 Å². The van der Waals surface area contributed by atoms with Crippen LogP contribution in [-0.2, 0) is 0 Å². The molecule has 1 atom stereocenters. The summed E-state index contributed by atoms with van der Waals surface area (Å²) in [4.78, 5) is 16.4. The average molecular weight is 245 g/mol. The molecule has 2 aromatic heterocycles. The second-order valence-corrected chi connectivity index (χ2v) is 6.17. The molecule has 1 unspecified atom stereocenters. The SMILES string of the molecule is Cc1cc(=O)n2ccn(C3CCC(C)(C)C3)c2n1. The summed E-state index contributed by atoms with van der Waals surface area (Å²) in [5, 5.41) is 0.